The number of hydrogen-bond acceptors (Lipinski definition) is 2. The summed E-state index contributed by atoms with van der Waals surface area (Å²) in [5.41, 5.74) is 1.80. The van der Waals surface area contributed by atoms with Crippen molar-refractivity contribution >= 4 is 10.9 Å². The van der Waals surface area contributed by atoms with Gasteiger partial charge in [-0.2, -0.15) is 0 Å². The topological polar surface area (TPSA) is 36.2 Å². The molecule has 2 heterocycles. The van der Waals surface area contributed by atoms with E-state index in [-0.39, 0.29) is 5.56 Å². The van der Waals surface area contributed by atoms with Gasteiger partial charge in [-0.25, -0.2) is 0 Å². The number of rotatable bonds is 3. The fourth-order valence-electron chi connectivity index (χ4n) is 2.42. The van der Waals surface area contributed by atoms with Gasteiger partial charge in [0.25, 0.3) is 5.56 Å². The molecule has 0 spiro atoms. The van der Waals surface area contributed by atoms with Gasteiger partial charge < -0.3 is 13.9 Å². The maximum absolute atomic E-state index is 12.5. The zero-order valence-electron chi connectivity index (χ0n) is 11.5. The van der Waals surface area contributed by atoms with Crippen molar-refractivity contribution in [3.8, 4) is 5.75 Å². The molecule has 4 nitrogen and oxygen atoms in total. The van der Waals surface area contributed by atoms with Crippen molar-refractivity contribution in [3.63, 3.8) is 0 Å². The van der Waals surface area contributed by atoms with Gasteiger partial charge in [-0.1, -0.05) is 12.1 Å². The molecule has 0 unspecified atom stereocenters. The molecule has 0 aliphatic carbocycles. The average molecular weight is 268 g/mol. The first-order valence-electron chi connectivity index (χ1n) is 6.46. The second-order valence-electron chi connectivity index (χ2n) is 4.83. The highest BCUT2D eigenvalue weighted by molar-refractivity contribution is 5.78. The lowest BCUT2D eigenvalue weighted by Gasteiger charge is -2.08. The number of ether oxygens (including phenoxy) is 1. The highest BCUT2D eigenvalue weighted by Gasteiger charge is 2.06. The average Bonchev–Trinajstić information content (AvgIpc) is 2.84. The molecular formula is C16H16N2O2. The maximum Gasteiger partial charge on any atom is 0.275 e. The third-order valence-electron chi connectivity index (χ3n) is 3.49. The van der Waals surface area contributed by atoms with Gasteiger partial charge in [-0.15, -0.1) is 0 Å². The summed E-state index contributed by atoms with van der Waals surface area (Å²) < 4.78 is 8.79. The number of hydrogen-bond donors (Lipinski definition) is 0. The summed E-state index contributed by atoms with van der Waals surface area (Å²) in [6.07, 6.45) is 3.74. The molecule has 0 saturated carbocycles. The molecule has 3 aromatic rings. The van der Waals surface area contributed by atoms with Gasteiger partial charge >= 0.3 is 0 Å². The predicted octanol–water partition coefficient (Wildman–Crippen LogP) is 2.40. The highest BCUT2D eigenvalue weighted by Crippen LogP contribution is 2.14. The molecule has 0 atom stereocenters. The van der Waals surface area contributed by atoms with Crippen LogP contribution in [0.3, 0.4) is 0 Å². The standard InChI is InChI=1S/C16H16N2O2/c1-17-8-6-13-7-9-18(16(19)15(13)17)11-12-4-3-5-14(10-12)20-2/h3-10H,11H2,1-2H3. The van der Waals surface area contributed by atoms with E-state index in [0.29, 0.717) is 6.54 Å². The minimum Gasteiger partial charge on any atom is -0.497 e. The molecular weight excluding hydrogens is 252 g/mol. The van der Waals surface area contributed by atoms with Crippen LogP contribution < -0.4 is 10.3 Å². The zero-order chi connectivity index (χ0) is 14.1. The fraction of sp³-hybridized carbons (Fsp3) is 0.188. The van der Waals surface area contributed by atoms with Gasteiger partial charge in [0.15, 0.2) is 0 Å². The van der Waals surface area contributed by atoms with Crippen LogP contribution in [-0.4, -0.2) is 16.2 Å². The number of methoxy groups -OCH3 is 1. The Morgan fingerprint density at radius 2 is 1.95 bits per heavy atom. The molecule has 0 fully saturated rings. The number of aryl methyl sites for hydroxylation is 1. The summed E-state index contributed by atoms with van der Waals surface area (Å²) in [6, 6.07) is 11.7. The lowest BCUT2D eigenvalue weighted by Crippen LogP contribution is -2.21. The van der Waals surface area contributed by atoms with Crippen LogP contribution in [0.25, 0.3) is 10.9 Å². The van der Waals surface area contributed by atoms with Gasteiger partial charge in [0.2, 0.25) is 0 Å². The molecule has 2 aromatic heterocycles. The van der Waals surface area contributed by atoms with E-state index in [2.05, 4.69) is 0 Å². The summed E-state index contributed by atoms with van der Waals surface area (Å²) in [7, 11) is 3.53. The molecule has 0 amide bonds. The van der Waals surface area contributed by atoms with Gasteiger partial charge in [0.05, 0.1) is 13.7 Å². The van der Waals surface area contributed by atoms with Gasteiger partial charge in [0, 0.05) is 24.8 Å². The van der Waals surface area contributed by atoms with Crippen LogP contribution in [0.2, 0.25) is 0 Å². The summed E-state index contributed by atoms with van der Waals surface area (Å²) in [6.45, 7) is 0.539. The Morgan fingerprint density at radius 1 is 1.15 bits per heavy atom. The quantitative estimate of drug-likeness (QED) is 0.731. The second-order valence-corrected chi connectivity index (χ2v) is 4.83. The summed E-state index contributed by atoms with van der Waals surface area (Å²) in [4.78, 5) is 12.5. The largest absolute Gasteiger partial charge is 0.497 e. The van der Waals surface area contributed by atoms with Crippen LogP contribution in [0.15, 0.2) is 53.6 Å². The van der Waals surface area contributed by atoms with Crippen molar-refractivity contribution in [1.82, 2.24) is 9.13 Å². The molecule has 4 heteroatoms. The molecule has 0 N–H and O–H groups in total. The fourth-order valence-corrected chi connectivity index (χ4v) is 2.42. The normalized spacial score (nSPS) is 10.9. The van der Waals surface area contributed by atoms with E-state index >= 15 is 0 Å². The molecule has 20 heavy (non-hydrogen) atoms. The SMILES string of the molecule is COc1cccc(Cn2ccc3ccn(C)c3c2=O)c1. The van der Waals surface area contributed by atoms with E-state index < -0.39 is 0 Å². The summed E-state index contributed by atoms with van der Waals surface area (Å²) in [5.74, 6) is 0.801. The van der Waals surface area contributed by atoms with Crippen molar-refractivity contribution in [2.24, 2.45) is 7.05 Å². The van der Waals surface area contributed by atoms with Crippen LogP contribution in [0.4, 0.5) is 0 Å². The second kappa shape index (κ2) is 4.89. The molecule has 0 bridgehead atoms. The van der Waals surface area contributed by atoms with Crippen molar-refractivity contribution in [2.75, 3.05) is 7.11 Å². The molecule has 0 aliphatic heterocycles. The molecule has 1 aromatic carbocycles. The summed E-state index contributed by atoms with van der Waals surface area (Å²) in [5, 5.41) is 0.972. The first-order chi connectivity index (χ1) is 9.69. The Bertz CT molecular complexity index is 815. The Hall–Kier alpha value is -2.49. The number of aromatic nitrogens is 2. The van der Waals surface area contributed by atoms with E-state index in [0.717, 1.165) is 22.2 Å². The van der Waals surface area contributed by atoms with Crippen LogP contribution in [0.1, 0.15) is 5.56 Å². The van der Waals surface area contributed by atoms with Gasteiger partial charge in [-0.3, -0.25) is 4.79 Å². The van der Waals surface area contributed by atoms with Gasteiger partial charge in [-0.05, 0) is 29.8 Å². The molecule has 0 saturated heterocycles. The first kappa shape index (κ1) is 12.5. The molecule has 0 radical (unpaired) electrons. The van der Waals surface area contributed by atoms with Crippen LogP contribution in [-0.2, 0) is 13.6 Å². The number of nitrogens with zero attached hydrogens (tertiary/aromatic N) is 2. The van der Waals surface area contributed by atoms with E-state index in [1.54, 1.807) is 11.7 Å². The molecule has 102 valence electrons. The molecule has 0 aliphatic rings. The zero-order valence-corrected chi connectivity index (χ0v) is 11.5. The Labute approximate surface area is 116 Å². The smallest absolute Gasteiger partial charge is 0.275 e. The van der Waals surface area contributed by atoms with E-state index in [1.807, 2.05) is 60.4 Å². The Balaban J connectivity index is 2.04. The van der Waals surface area contributed by atoms with Crippen LogP contribution in [0.5, 0.6) is 5.75 Å². The minimum atomic E-state index is 0.0258. The Morgan fingerprint density at radius 3 is 2.75 bits per heavy atom. The third-order valence-corrected chi connectivity index (χ3v) is 3.49. The lowest BCUT2D eigenvalue weighted by molar-refractivity contribution is 0.414. The van der Waals surface area contributed by atoms with Crippen molar-refractivity contribution in [1.29, 1.82) is 0 Å². The highest BCUT2D eigenvalue weighted by atomic mass is 16.5. The van der Waals surface area contributed by atoms with E-state index in [1.165, 1.54) is 0 Å². The van der Waals surface area contributed by atoms with E-state index in [4.69, 9.17) is 4.74 Å². The van der Waals surface area contributed by atoms with Crippen molar-refractivity contribution in [3.05, 3.63) is 64.7 Å². The predicted molar refractivity (Wildman–Crippen MR) is 79.3 cm³/mol. The third kappa shape index (κ3) is 2.09. The first-order valence-corrected chi connectivity index (χ1v) is 6.46. The monoisotopic (exact) mass is 268 g/mol. The van der Waals surface area contributed by atoms with Gasteiger partial charge in [0.1, 0.15) is 11.3 Å². The van der Waals surface area contributed by atoms with Crippen LogP contribution >= 0.6 is 0 Å². The van der Waals surface area contributed by atoms with Crippen molar-refractivity contribution < 1.29 is 4.74 Å². The van der Waals surface area contributed by atoms with Crippen LogP contribution in [0, 0.1) is 0 Å². The number of pyridine rings is 1. The molecule has 3 rings (SSSR count). The summed E-state index contributed by atoms with van der Waals surface area (Å²) >= 11 is 0. The lowest BCUT2D eigenvalue weighted by atomic mass is 10.2. The number of fused-ring (bicyclic) bond motifs is 1. The minimum absolute atomic E-state index is 0.0258. The number of benzene rings is 1. The van der Waals surface area contributed by atoms with Crippen molar-refractivity contribution in [2.45, 2.75) is 6.54 Å². The Kier molecular flexibility index (Phi) is 3.06. The van der Waals surface area contributed by atoms with E-state index in [9.17, 15) is 4.79 Å². The maximum atomic E-state index is 12.5.